The lowest BCUT2D eigenvalue weighted by Crippen LogP contribution is -2.48. The molecule has 0 aromatic rings. The van der Waals surface area contributed by atoms with E-state index in [2.05, 4.69) is 16.7 Å². The highest BCUT2D eigenvalue weighted by Gasteiger charge is 2.28. The molecule has 0 saturated carbocycles. The van der Waals surface area contributed by atoms with Crippen LogP contribution >= 0.6 is 0 Å². The third kappa shape index (κ3) is 3.29. The van der Waals surface area contributed by atoms with Crippen molar-refractivity contribution < 1.29 is 4.79 Å². The van der Waals surface area contributed by atoms with Crippen LogP contribution in [0, 0.1) is 5.92 Å². The molecule has 2 fully saturated rings. The molecule has 17 heavy (non-hydrogen) atoms. The van der Waals surface area contributed by atoms with Crippen molar-refractivity contribution in [3.8, 4) is 0 Å². The van der Waals surface area contributed by atoms with Crippen LogP contribution in [-0.2, 0) is 4.79 Å². The SMILES string of the molecule is CCN1CCC(N2CCC(C(C)=O)CC2)CC1. The van der Waals surface area contributed by atoms with Crippen molar-refractivity contribution >= 4 is 5.78 Å². The van der Waals surface area contributed by atoms with Gasteiger partial charge in [-0.05, 0) is 65.3 Å². The average Bonchev–Trinajstić information content (AvgIpc) is 2.39. The van der Waals surface area contributed by atoms with Crippen LogP contribution in [0.4, 0.5) is 0 Å². The second kappa shape index (κ2) is 5.96. The largest absolute Gasteiger partial charge is 0.303 e. The number of ketones is 1. The van der Waals surface area contributed by atoms with Gasteiger partial charge in [0, 0.05) is 12.0 Å². The molecule has 0 unspecified atom stereocenters. The van der Waals surface area contributed by atoms with E-state index < -0.39 is 0 Å². The number of carbonyl (C=O) groups is 1. The van der Waals surface area contributed by atoms with Crippen molar-refractivity contribution in [3.63, 3.8) is 0 Å². The van der Waals surface area contributed by atoms with Gasteiger partial charge in [-0.2, -0.15) is 0 Å². The van der Waals surface area contributed by atoms with Crippen LogP contribution in [0.3, 0.4) is 0 Å². The zero-order chi connectivity index (χ0) is 12.3. The first-order valence-corrected chi connectivity index (χ1v) is 7.17. The van der Waals surface area contributed by atoms with Crippen molar-refractivity contribution in [2.24, 2.45) is 5.92 Å². The van der Waals surface area contributed by atoms with Gasteiger partial charge in [0.2, 0.25) is 0 Å². The van der Waals surface area contributed by atoms with Crippen molar-refractivity contribution in [2.75, 3.05) is 32.7 Å². The summed E-state index contributed by atoms with van der Waals surface area (Å²) in [6.45, 7) is 9.99. The quantitative estimate of drug-likeness (QED) is 0.748. The first-order chi connectivity index (χ1) is 8.20. The summed E-state index contributed by atoms with van der Waals surface area (Å²) in [6, 6.07) is 0.783. The van der Waals surface area contributed by atoms with E-state index in [9.17, 15) is 4.79 Å². The van der Waals surface area contributed by atoms with Gasteiger partial charge < -0.3 is 9.80 Å². The number of likely N-dealkylation sites (tertiary alicyclic amines) is 2. The van der Waals surface area contributed by atoms with Crippen molar-refractivity contribution in [1.29, 1.82) is 0 Å². The Morgan fingerprint density at radius 2 is 1.65 bits per heavy atom. The van der Waals surface area contributed by atoms with Gasteiger partial charge in [0.1, 0.15) is 5.78 Å². The summed E-state index contributed by atoms with van der Waals surface area (Å²) in [4.78, 5) is 16.5. The van der Waals surface area contributed by atoms with Gasteiger partial charge in [-0.25, -0.2) is 0 Å². The van der Waals surface area contributed by atoms with Gasteiger partial charge in [-0.3, -0.25) is 4.79 Å². The minimum absolute atomic E-state index is 0.349. The van der Waals surface area contributed by atoms with E-state index in [1.54, 1.807) is 6.92 Å². The molecule has 0 aromatic heterocycles. The van der Waals surface area contributed by atoms with E-state index in [0.29, 0.717) is 11.7 Å². The Morgan fingerprint density at radius 3 is 2.12 bits per heavy atom. The number of rotatable bonds is 3. The van der Waals surface area contributed by atoms with Gasteiger partial charge in [-0.1, -0.05) is 6.92 Å². The molecular weight excluding hydrogens is 212 g/mol. The molecule has 0 atom stereocenters. The standard InChI is InChI=1S/C14H26N2O/c1-3-15-8-6-14(7-9-15)16-10-4-13(5-11-16)12(2)17/h13-14H,3-11H2,1-2H3. The molecule has 2 saturated heterocycles. The van der Waals surface area contributed by atoms with Gasteiger partial charge >= 0.3 is 0 Å². The minimum atomic E-state index is 0.349. The fourth-order valence-corrected chi connectivity index (χ4v) is 3.27. The molecule has 98 valence electrons. The molecular formula is C14H26N2O. The number of hydrogen-bond donors (Lipinski definition) is 0. The zero-order valence-corrected chi connectivity index (χ0v) is 11.3. The maximum absolute atomic E-state index is 11.3. The first kappa shape index (κ1) is 13.0. The Hall–Kier alpha value is -0.410. The van der Waals surface area contributed by atoms with E-state index in [0.717, 1.165) is 32.0 Å². The maximum Gasteiger partial charge on any atom is 0.133 e. The van der Waals surface area contributed by atoms with Crippen LogP contribution in [0.2, 0.25) is 0 Å². The molecule has 2 aliphatic heterocycles. The predicted octanol–water partition coefficient (Wildman–Crippen LogP) is 1.77. The Kier molecular flexibility index (Phi) is 4.57. The topological polar surface area (TPSA) is 23.6 Å². The van der Waals surface area contributed by atoms with Crippen molar-refractivity contribution in [3.05, 3.63) is 0 Å². The summed E-state index contributed by atoms with van der Waals surface area (Å²) in [5.74, 6) is 0.743. The molecule has 0 bridgehead atoms. The minimum Gasteiger partial charge on any atom is -0.303 e. The van der Waals surface area contributed by atoms with Crippen molar-refractivity contribution in [2.45, 2.75) is 45.6 Å². The van der Waals surface area contributed by atoms with Crippen LogP contribution in [0.5, 0.6) is 0 Å². The van der Waals surface area contributed by atoms with Crippen LogP contribution in [-0.4, -0.2) is 54.3 Å². The monoisotopic (exact) mass is 238 g/mol. The highest BCUT2D eigenvalue weighted by molar-refractivity contribution is 5.78. The first-order valence-electron chi connectivity index (χ1n) is 7.17. The predicted molar refractivity (Wildman–Crippen MR) is 70.1 cm³/mol. The van der Waals surface area contributed by atoms with E-state index in [1.807, 2.05) is 0 Å². The Bertz CT molecular complexity index is 251. The number of piperidine rings is 2. The molecule has 0 amide bonds. The molecule has 3 heteroatoms. The summed E-state index contributed by atoms with van der Waals surface area (Å²) in [5.41, 5.74) is 0. The fraction of sp³-hybridized carbons (Fsp3) is 0.929. The summed E-state index contributed by atoms with van der Waals surface area (Å²) < 4.78 is 0. The third-order valence-corrected chi connectivity index (χ3v) is 4.63. The zero-order valence-electron chi connectivity index (χ0n) is 11.3. The highest BCUT2D eigenvalue weighted by Crippen LogP contribution is 2.24. The van der Waals surface area contributed by atoms with E-state index in [1.165, 1.54) is 32.5 Å². The lowest BCUT2D eigenvalue weighted by Gasteiger charge is -2.41. The number of carbonyl (C=O) groups excluding carboxylic acids is 1. The van der Waals surface area contributed by atoms with E-state index in [4.69, 9.17) is 0 Å². The third-order valence-electron chi connectivity index (χ3n) is 4.63. The number of Topliss-reactive ketones (excluding diaryl/α,β-unsaturated/α-hetero) is 1. The fourth-order valence-electron chi connectivity index (χ4n) is 3.27. The molecule has 0 aliphatic carbocycles. The second-order valence-corrected chi connectivity index (χ2v) is 5.59. The molecule has 2 heterocycles. The van der Waals surface area contributed by atoms with Gasteiger partial charge in [0.05, 0.1) is 0 Å². The number of hydrogen-bond acceptors (Lipinski definition) is 3. The Morgan fingerprint density at radius 1 is 1.06 bits per heavy atom. The lowest BCUT2D eigenvalue weighted by atomic mass is 9.91. The Labute approximate surface area is 105 Å². The smallest absolute Gasteiger partial charge is 0.133 e. The van der Waals surface area contributed by atoms with E-state index in [-0.39, 0.29) is 0 Å². The van der Waals surface area contributed by atoms with E-state index >= 15 is 0 Å². The molecule has 3 nitrogen and oxygen atoms in total. The molecule has 2 rings (SSSR count). The average molecular weight is 238 g/mol. The normalized spacial score (nSPS) is 26.2. The lowest BCUT2D eigenvalue weighted by molar-refractivity contribution is -0.122. The van der Waals surface area contributed by atoms with Crippen LogP contribution in [0.25, 0.3) is 0 Å². The Balaban J connectivity index is 1.76. The van der Waals surface area contributed by atoms with Gasteiger partial charge in [0.25, 0.3) is 0 Å². The molecule has 2 aliphatic rings. The maximum atomic E-state index is 11.3. The summed E-state index contributed by atoms with van der Waals surface area (Å²) in [6.07, 6.45) is 4.81. The van der Waals surface area contributed by atoms with Gasteiger partial charge in [0.15, 0.2) is 0 Å². The number of nitrogens with zero attached hydrogens (tertiary/aromatic N) is 2. The van der Waals surface area contributed by atoms with Gasteiger partial charge in [-0.15, -0.1) is 0 Å². The molecule has 0 N–H and O–H groups in total. The van der Waals surface area contributed by atoms with Crippen LogP contribution in [0.15, 0.2) is 0 Å². The van der Waals surface area contributed by atoms with Crippen LogP contribution in [0.1, 0.15) is 39.5 Å². The van der Waals surface area contributed by atoms with Crippen molar-refractivity contribution in [1.82, 2.24) is 9.80 Å². The summed E-state index contributed by atoms with van der Waals surface area (Å²) in [5, 5.41) is 0. The summed E-state index contributed by atoms with van der Waals surface area (Å²) >= 11 is 0. The molecule has 0 radical (unpaired) electrons. The van der Waals surface area contributed by atoms with Crippen LogP contribution < -0.4 is 0 Å². The molecule has 0 spiro atoms. The molecule has 0 aromatic carbocycles. The second-order valence-electron chi connectivity index (χ2n) is 5.59. The summed E-state index contributed by atoms with van der Waals surface area (Å²) in [7, 11) is 0. The highest BCUT2D eigenvalue weighted by atomic mass is 16.1.